The second-order valence-corrected chi connectivity index (χ2v) is 7.12. The molecule has 1 aromatic heterocycles. The number of fused-ring (bicyclic) bond motifs is 1. The van der Waals surface area contributed by atoms with E-state index in [1.54, 1.807) is 12.1 Å². The Morgan fingerprint density at radius 2 is 2.03 bits per heavy atom. The average Bonchev–Trinajstić information content (AvgIpc) is 3.19. The van der Waals surface area contributed by atoms with Crippen molar-refractivity contribution in [2.75, 3.05) is 13.1 Å². The summed E-state index contributed by atoms with van der Waals surface area (Å²) >= 11 is 0. The van der Waals surface area contributed by atoms with Gasteiger partial charge in [-0.2, -0.15) is 0 Å². The summed E-state index contributed by atoms with van der Waals surface area (Å²) in [6, 6.07) is 9.36. The minimum absolute atomic E-state index is 0.384. The van der Waals surface area contributed by atoms with Gasteiger partial charge in [-0.3, -0.25) is 20.4 Å². The van der Waals surface area contributed by atoms with Gasteiger partial charge in [0.2, 0.25) is 0 Å². The third kappa shape index (κ3) is 6.10. The molecule has 1 aromatic carbocycles. The summed E-state index contributed by atoms with van der Waals surface area (Å²) in [5.74, 6) is -0.774. The number of rotatable bonds is 8. The van der Waals surface area contributed by atoms with Crippen molar-refractivity contribution in [2.45, 2.75) is 32.6 Å². The highest BCUT2D eigenvalue weighted by molar-refractivity contribution is 5.99. The van der Waals surface area contributed by atoms with Crippen molar-refractivity contribution < 1.29 is 9.59 Å². The maximum Gasteiger partial charge on any atom is 0.286 e. The van der Waals surface area contributed by atoms with E-state index >= 15 is 0 Å². The van der Waals surface area contributed by atoms with Crippen molar-refractivity contribution >= 4 is 22.7 Å². The molecule has 0 unspecified atom stereocenters. The Morgan fingerprint density at radius 1 is 1.17 bits per heavy atom. The highest BCUT2D eigenvalue weighted by atomic mass is 16.2. The zero-order chi connectivity index (χ0) is 20.5. The lowest BCUT2D eigenvalue weighted by molar-refractivity contribution is -0.117. The van der Waals surface area contributed by atoms with Crippen molar-refractivity contribution in [3.63, 3.8) is 0 Å². The van der Waals surface area contributed by atoms with Gasteiger partial charge >= 0.3 is 0 Å². The number of carbonyl (C=O) groups is 2. The first-order valence-corrected chi connectivity index (χ1v) is 10.1. The summed E-state index contributed by atoms with van der Waals surface area (Å²) in [7, 11) is 0. The largest absolute Gasteiger partial charge is 0.374 e. The second-order valence-electron chi connectivity index (χ2n) is 7.12. The first kappa shape index (κ1) is 20.5. The number of benzene rings is 1. The molecule has 2 aromatic rings. The van der Waals surface area contributed by atoms with Crippen LogP contribution in [0.4, 0.5) is 0 Å². The molecule has 0 saturated heterocycles. The molecule has 0 bridgehead atoms. The van der Waals surface area contributed by atoms with Gasteiger partial charge in [-0.15, -0.1) is 0 Å². The number of H-pyrrole nitrogens is 1. The van der Waals surface area contributed by atoms with Gasteiger partial charge in [-0.05, 0) is 42.5 Å². The zero-order valence-electron chi connectivity index (χ0n) is 16.8. The van der Waals surface area contributed by atoms with Crippen LogP contribution in [0, 0.1) is 0 Å². The summed E-state index contributed by atoms with van der Waals surface area (Å²) in [6.07, 6.45) is 14.3. The minimum atomic E-state index is -0.390. The molecule has 3 N–H and O–H groups in total. The van der Waals surface area contributed by atoms with E-state index in [0.717, 1.165) is 29.6 Å². The van der Waals surface area contributed by atoms with E-state index in [0.29, 0.717) is 5.69 Å². The molecule has 3 rings (SSSR count). The second kappa shape index (κ2) is 10.3. The van der Waals surface area contributed by atoms with Gasteiger partial charge in [0.25, 0.3) is 11.8 Å². The molecule has 0 spiro atoms. The monoisotopic (exact) mass is 392 g/mol. The van der Waals surface area contributed by atoms with Crippen LogP contribution in [0.5, 0.6) is 0 Å². The number of nitrogens with one attached hydrogen (secondary N) is 3. The molecule has 0 atom stereocenters. The van der Waals surface area contributed by atoms with Crippen molar-refractivity contribution in [3.8, 4) is 0 Å². The van der Waals surface area contributed by atoms with Crippen LogP contribution in [-0.2, 0) is 4.79 Å². The maximum absolute atomic E-state index is 12.2. The van der Waals surface area contributed by atoms with E-state index < -0.39 is 5.91 Å². The number of hydrazine groups is 1. The van der Waals surface area contributed by atoms with E-state index in [9.17, 15) is 9.59 Å². The number of allylic oxidation sites excluding steroid dienone is 3. The van der Waals surface area contributed by atoms with Gasteiger partial charge in [0, 0.05) is 30.1 Å². The Morgan fingerprint density at radius 3 is 2.79 bits per heavy atom. The summed E-state index contributed by atoms with van der Waals surface area (Å²) in [4.78, 5) is 29.5. The zero-order valence-corrected chi connectivity index (χ0v) is 16.8. The number of amides is 2. The quantitative estimate of drug-likeness (QED) is 0.363. The molecular weight excluding hydrogens is 364 g/mol. The van der Waals surface area contributed by atoms with E-state index in [-0.39, 0.29) is 5.91 Å². The predicted octanol–water partition coefficient (Wildman–Crippen LogP) is 3.82. The number of para-hydroxylation sites is 1. The molecule has 0 saturated carbocycles. The molecule has 0 radical (unpaired) electrons. The lowest BCUT2D eigenvalue weighted by Crippen LogP contribution is -2.40. The van der Waals surface area contributed by atoms with E-state index in [1.807, 2.05) is 30.3 Å². The highest BCUT2D eigenvalue weighted by Crippen LogP contribution is 2.14. The van der Waals surface area contributed by atoms with Crippen LogP contribution in [-0.4, -0.2) is 34.8 Å². The predicted molar refractivity (Wildman–Crippen MR) is 116 cm³/mol. The Hall–Kier alpha value is -3.28. The fourth-order valence-corrected chi connectivity index (χ4v) is 3.17. The lowest BCUT2D eigenvalue weighted by atomic mass is 10.1. The molecule has 1 aliphatic heterocycles. The smallest absolute Gasteiger partial charge is 0.286 e. The highest BCUT2D eigenvalue weighted by Gasteiger charge is 2.09. The molecule has 2 heterocycles. The lowest BCUT2D eigenvalue weighted by Gasteiger charge is -2.21. The van der Waals surface area contributed by atoms with Crippen LogP contribution in [0.25, 0.3) is 10.9 Å². The first-order chi connectivity index (χ1) is 14.2. The molecule has 152 valence electrons. The Kier molecular flexibility index (Phi) is 7.28. The third-order valence-corrected chi connectivity index (χ3v) is 4.84. The SMILES string of the molecule is CCCCCCN1C=CC(C=CC(=O)NNC(=O)c2cc3ccccc3[nH]2)=CC1. The number of hydrogen-bond donors (Lipinski definition) is 3. The molecule has 6 heteroatoms. The van der Waals surface area contributed by atoms with Gasteiger partial charge in [0.15, 0.2) is 0 Å². The van der Waals surface area contributed by atoms with Crippen LogP contribution < -0.4 is 10.9 Å². The van der Waals surface area contributed by atoms with Crippen LogP contribution >= 0.6 is 0 Å². The Balaban J connectivity index is 1.41. The van der Waals surface area contributed by atoms with Crippen molar-refractivity contribution in [2.24, 2.45) is 0 Å². The number of carbonyl (C=O) groups excluding carboxylic acids is 2. The Labute approximate surface area is 171 Å². The number of aromatic amines is 1. The van der Waals surface area contributed by atoms with E-state index in [4.69, 9.17) is 0 Å². The summed E-state index contributed by atoms with van der Waals surface area (Å²) < 4.78 is 0. The summed E-state index contributed by atoms with van der Waals surface area (Å²) in [5, 5.41) is 0.944. The molecule has 2 amide bonds. The normalized spacial score (nSPS) is 13.7. The number of aromatic nitrogens is 1. The molecule has 0 fully saturated rings. The first-order valence-electron chi connectivity index (χ1n) is 10.1. The topological polar surface area (TPSA) is 77.2 Å². The van der Waals surface area contributed by atoms with Crippen LogP contribution in [0.3, 0.4) is 0 Å². The van der Waals surface area contributed by atoms with Crippen LogP contribution in [0.1, 0.15) is 43.1 Å². The van der Waals surface area contributed by atoms with Crippen molar-refractivity contribution in [1.82, 2.24) is 20.7 Å². The fraction of sp³-hybridized carbons (Fsp3) is 0.304. The number of nitrogens with zero attached hydrogens (tertiary/aromatic N) is 1. The van der Waals surface area contributed by atoms with Crippen molar-refractivity contribution in [3.05, 3.63) is 72.1 Å². The number of unbranched alkanes of at least 4 members (excludes halogenated alkanes) is 3. The minimum Gasteiger partial charge on any atom is -0.374 e. The molecular formula is C23H28N4O2. The van der Waals surface area contributed by atoms with Crippen LogP contribution in [0.2, 0.25) is 0 Å². The Bertz CT molecular complexity index is 906. The van der Waals surface area contributed by atoms with Gasteiger partial charge in [-0.25, -0.2) is 0 Å². The summed E-state index contributed by atoms with van der Waals surface area (Å²) in [6.45, 7) is 4.12. The van der Waals surface area contributed by atoms with Gasteiger partial charge < -0.3 is 9.88 Å². The standard InChI is InChI=1S/C23H28N4O2/c1-2-3-4-7-14-27-15-12-18(13-16-27)10-11-22(28)25-26-23(29)21-17-19-8-5-6-9-20(19)24-21/h5-6,8-13,15,17,24H,2-4,7,14,16H2,1H3,(H,25,28)(H,26,29). The van der Waals surface area contributed by atoms with Crippen molar-refractivity contribution in [1.29, 1.82) is 0 Å². The van der Waals surface area contributed by atoms with Crippen LogP contribution in [0.15, 0.2) is 66.4 Å². The van der Waals surface area contributed by atoms with Gasteiger partial charge in [0.1, 0.15) is 5.69 Å². The summed E-state index contributed by atoms with van der Waals surface area (Å²) in [5.41, 5.74) is 7.08. The number of hydrogen-bond acceptors (Lipinski definition) is 3. The van der Waals surface area contributed by atoms with Gasteiger partial charge in [0.05, 0.1) is 0 Å². The van der Waals surface area contributed by atoms with E-state index in [1.165, 1.54) is 31.8 Å². The van der Waals surface area contributed by atoms with Gasteiger partial charge in [-0.1, -0.05) is 50.5 Å². The average molecular weight is 393 g/mol. The third-order valence-electron chi connectivity index (χ3n) is 4.84. The molecule has 1 aliphatic rings. The fourth-order valence-electron chi connectivity index (χ4n) is 3.17. The molecule has 0 aliphatic carbocycles. The molecule has 29 heavy (non-hydrogen) atoms. The molecule has 6 nitrogen and oxygen atoms in total. The van der Waals surface area contributed by atoms with E-state index in [2.05, 4.69) is 39.9 Å². The maximum atomic E-state index is 12.2.